The Morgan fingerprint density at radius 3 is 2.67 bits per heavy atom. The van der Waals surface area contributed by atoms with Crippen molar-refractivity contribution in [2.75, 3.05) is 12.3 Å². The second-order valence-electron chi connectivity index (χ2n) is 5.00. The van der Waals surface area contributed by atoms with Gasteiger partial charge in [0.05, 0.1) is 12.7 Å². The molecule has 1 aromatic rings. The molecule has 1 fully saturated rings. The third-order valence-electron chi connectivity index (χ3n) is 3.15. The largest absolute Gasteiger partial charge is 0.476 e. The summed E-state index contributed by atoms with van der Waals surface area (Å²) in [5.74, 6) is 1.65. The quantitative estimate of drug-likeness (QED) is 0.840. The van der Waals surface area contributed by atoms with Crippen molar-refractivity contribution in [3.63, 3.8) is 0 Å². The van der Waals surface area contributed by atoms with Crippen molar-refractivity contribution in [3.8, 4) is 11.8 Å². The Kier molecular flexibility index (Phi) is 4.23. The Bertz CT molecular complexity index is 392. The highest BCUT2D eigenvalue weighted by Crippen LogP contribution is 2.31. The molecule has 1 aliphatic rings. The molecule has 0 aromatic carbocycles. The van der Waals surface area contributed by atoms with Crippen LogP contribution in [0.1, 0.15) is 39.5 Å². The van der Waals surface area contributed by atoms with Crippen molar-refractivity contribution in [3.05, 3.63) is 6.33 Å². The van der Waals surface area contributed by atoms with Crippen LogP contribution in [0.4, 0.5) is 5.69 Å². The van der Waals surface area contributed by atoms with E-state index in [1.807, 2.05) is 13.8 Å². The Labute approximate surface area is 108 Å². The highest BCUT2D eigenvalue weighted by Gasteiger charge is 2.18. The molecule has 18 heavy (non-hydrogen) atoms. The van der Waals surface area contributed by atoms with E-state index in [0.29, 0.717) is 24.1 Å². The SMILES string of the molecule is CC(C)Oc1ncnc(OCCC2CCC2)c1N. The minimum absolute atomic E-state index is 0.0324. The van der Waals surface area contributed by atoms with Gasteiger partial charge in [-0.3, -0.25) is 0 Å². The molecular weight excluding hydrogens is 230 g/mol. The van der Waals surface area contributed by atoms with Gasteiger partial charge in [0, 0.05) is 0 Å². The first-order valence-electron chi connectivity index (χ1n) is 6.56. The van der Waals surface area contributed by atoms with Crippen LogP contribution in [0.15, 0.2) is 6.33 Å². The molecular formula is C13H21N3O2. The maximum absolute atomic E-state index is 5.92. The fourth-order valence-corrected chi connectivity index (χ4v) is 1.90. The molecule has 0 bridgehead atoms. The van der Waals surface area contributed by atoms with Crippen molar-refractivity contribution >= 4 is 5.69 Å². The molecule has 0 amide bonds. The summed E-state index contributed by atoms with van der Waals surface area (Å²) in [6, 6.07) is 0. The van der Waals surface area contributed by atoms with Crippen LogP contribution in [0.2, 0.25) is 0 Å². The minimum atomic E-state index is 0.0324. The summed E-state index contributed by atoms with van der Waals surface area (Å²) in [6.07, 6.45) is 6.53. The van der Waals surface area contributed by atoms with E-state index >= 15 is 0 Å². The topological polar surface area (TPSA) is 70.3 Å². The molecule has 0 atom stereocenters. The van der Waals surface area contributed by atoms with Crippen molar-refractivity contribution in [1.82, 2.24) is 9.97 Å². The monoisotopic (exact) mass is 251 g/mol. The van der Waals surface area contributed by atoms with Crippen molar-refractivity contribution in [2.24, 2.45) is 5.92 Å². The Hall–Kier alpha value is -1.52. The number of hydrogen-bond donors (Lipinski definition) is 1. The zero-order chi connectivity index (χ0) is 13.0. The highest BCUT2D eigenvalue weighted by molar-refractivity contribution is 5.55. The van der Waals surface area contributed by atoms with Crippen LogP contribution < -0.4 is 15.2 Å². The van der Waals surface area contributed by atoms with Gasteiger partial charge in [-0.15, -0.1) is 0 Å². The van der Waals surface area contributed by atoms with Crippen LogP contribution >= 0.6 is 0 Å². The zero-order valence-electron chi connectivity index (χ0n) is 11.1. The number of nitrogens with zero attached hydrogens (tertiary/aromatic N) is 2. The van der Waals surface area contributed by atoms with E-state index in [9.17, 15) is 0 Å². The fraction of sp³-hybridized carbons (Fsp3) is 0.692. The van der Waals surface area contributed by atoms with Crippen molar-refractivity contribution in [1.29, 1.82) is 0 Å². The molecule has 1 aromatic heterocycles. The van der Waals surface area contributed by atoms with Gasteiger partial charge in [0.2, 0.25) is 11.8 Å². The van der Waals surface area contributed by atoms with E-state index in [2.05, 4.69) is 9.97 Å². The third kappa shape index (κ3) is 3.24. The maximum Gasteiger partial charge on any atom is 0.244 e. The predicted octanol–water partition coefficient (Wildman–Crippen LogP) is 2.42. The summed E-state index contributed by atoms with van der Waals surface area (Å²) in [5.41, 5.74) is 6.31. The molecule has 1 heterocycles. The lowest BCUT2D eigenvalue weighted by atomic mass is 9.83. The molecule has 1 saturated carbocycles. The fourth-order valence-electron chi connectivity index (χ4n) is 1.90. The summed E-state index contributed by atoms with van der Waals surface area (Å²) in [4.78, 5) is 8.06. The molecule has 2 rings (SSSR count). The minimum Gasteiger partial charge on any atom is -0.476 e. The lowest BCUT2D eigenvalue weighted by Crippen LogP contribution is -2.15. The smallest absolute Gasteiger partial charge is 0.244 e. The van der Waals surface area contributed by atoms with E-state index in [-0.39, 0.29) is 6.10 Å². The van der Waals surface area contributed by atoms with Crippen LogP contribution in [-0.4, -0.2) is 22.7 Å². The first kappa shape index (κ1) is 12.9. The van der Waals surface area contributed by atoms with Gasteiger partial charge in [-0.05, 0) is 26.2 Å². The Morgan fingerprint density at radius 2 is 2.06 bits per heavy atom. The molecule has 0 spiro atoms. The van der Waals surface area contributed by atoms with Gasteiger partial charge in [-0.25, -0.2) is 0 Å². The molecule has 0 aliphatic heterocycles. The summed E-state index contributed by atoms with van der Waals surface area (Å²) in [5, 5.41) is 0. The van der Waals surface area contributed by atoms with Crippen molar-refractivity contribution in [2.45, 2.75) is 45.6 Å². The lowest BCUT2D eigenvalue weighted by molar-refractivity contribution is 0.212. The van der Waals surface area contributed by atoms with Gasteiger partial charge < -0.3 is 15.2 Å². The summed E-state index contributed by atoms with van der Waals surface area (Å²) >= 11 is 0. The molecule has 0 unspecified atom stereocenters. The first-order chi connectivity index (χ1) is 8.66. The summed E-state index contributed by atoms with van der Waals surface area (Å²) in [6.45, 7) is 4.52. The first-order valence-corrected chi connectivity index (χ1v) is 6.56. The molecule has 1 aliphatic carbocycles. The highest BCUT2D eigenvalue weighted by atomic mass is 16.5. The maximum atomic E-state index is 5.92. The van der Waals surface area contributed by atoms with Crippen LogP contribution in [0, 0.1) is 5.92 Å². The Balaban J connectivity index is 1.90. The van der Waals surface area contributed by atoms with E-state index in [0.717, 1.165) is 12.3 Å². The summed E-state index contributed by atoms with van der Waals surface area (Å²) in [7, 11) is 0. The second-order valence-corrected chi connectivity index (χ2v) is 5.00. The van der Waals surface area contributed by atoms with Gasteiger partial charge in [0.25, 0.3) is 0 Å². The molecule has 2 N–H and O–H groups in total. The number of rotatable bonds is 6. The average Bonchev–Trinajstić information content (AvgIpc) is 2.26. The molecule has 5 heteroatoms. The number of nitrogen functional groups attached to an aromatic ring is 1. The number of nitrogens with two attached hydrogens (primary N) is 1. The third-order valence-corrected chi connectivity index (χ3v) is 3.15. The molecule has 5 nitrogen and oxygen atoms in total. The zero-order valence-corrected chi connectivity index (χ0v) is 11.1. The van der Waals surface area contributed by atoms with E-state index < -0.39 is 0 Å². The van der Waals surface area contributed by atoms with Crippen LogP contribution in [0.3, 0.4) is 0 Å². The molecule has 100 valence electrons. The normalized spacial score (nSPS) is 15.5. The van der Waals surface area contributed by atoms with E-state index in [1.54, 1.807) is 0 Å². The van der Waals surface area contributed by atoms with Crippen molar-refractivity contribution < 1.29 is 9.47 Å². The van der Waals surface area contributed by atoms with Gasteiger partial charge in [-0.1, -0.05) is 19.3 Å². The number of aromatic nitrogens is 2. The van der Waals surface area contributed by atoms with Gasteiger partial charge in [0.1, 0.15) is 6.33 Å². The average molecular weight is 251 g/mol. The van der Waals surface area contributed by atoms with Crippen LogP contribution in [0.5, 0.6) is 11.8 Å². The second kappa shape index (κ2) is 5.89. The van der Waals surface area contributed by atoms with Crippen LogP contribution in [0.25, 0.3) is 0 Å². The number of anilines is 1. The lowest BCUT2D eigenvalue weighted by Gasteiger charge is -2.25. The van der Waals surface area contributed by atoms with E-state index in [4.69, 9.17) is 15.2 Å². The van der Waals surface area contributed by atoms with Gasteiger partial charge in [0.15, 0.2) is 5.69 Å². The van der Waals surface area contributed by atoms with E-state index in [1.165, 1.54) is 25.6 Å². The van der Waals surface area contributed by atoms with Gasteiger partial charge in [-0.2, -0.15) is 9.97 Å². The number of ether oxygens (including phenoxy) is 2. The summed E-state index contributed by atoms with van der Waals surface area (Å²) < 4.78 is 11.1. The number of hydrogen-bond acceptors (Lipinski definition) is 5. The molecule has 0 radical (unpaired) electrons. The molecule has 0 saturated heterocycles. The van der Waals surface area contributed by atoms with Gasteiger partial charge >= 0.3 is 0 Å². The predicted molar refractivity (Wildman–Crippen MR) is 69.7 cm³/mol. The van der Waals surface area contributed by atoms with Crippen LogP contribution in [-0.2, 0) is 0 Å². The standard InChI is InChI=1S/C13H21N3O2/c1-9(2)18-13-11(14)12(15-8-16-13)17-7-6-10-4-3-5-10/h8-10H,3-7,14H2,1-2H3. The Morgan fingerprint density at radius 1 is 1.33 bits per heavy atom.